The number of amides is 3. The van der Waals surface area contributed by atoms with Gasteiger partial charge in [-0.05, 0) is 61.9 Å². The lowest BCUT2D eigenvalue weighted by Crippen LogP contribution is -2.42. The van der Waals surface area contributed by atoms with Gasteiger partial charge in [-0.15, -0.1) is 0 Å². The van der Waals surface area contributed by atoms with Crippen LogP contribution < -0.4 is 10.6 Å². The molecule has 3 amide bonds. The fourth-order valence-electron chi connectivity index (χ4n) is 3.55. The van der Waals surface area contributed by atoms with Gasteiger partial charge < -0.3 is 15.5 Å². The van der Waals surface area contributed by atoms with Crippen LogP contribution in [0.4, 0.5) is 14.9 Å². The molecule has 1 fully saturated rings. The highest BCUT2D eigenvalue weighted by Crippen LogP contribution is 2.22. The highest BCUT2D eigenvalue weighted by molar-refractivity contribution is 5.89. The number of carbonyl (C=O) groups excluding carboxylic acids is 2. The summed E-state index contributed by atoms with van der Waals surface area (Å²) in [6, 6.07) is 13.7. The number of rotatable bonds is 6. The molecular formula is C23H28FN3O2. The molecule has 2 N–H and O–H groups in total. The van der Waals surface area contributed by atoms with E-state index in [2.05, 4.69) is 10.6 Å². The molecule has 0 spiro atoms. The predicted octanol–water partition coefficient (Wildman–Crippen LogP) is 4.47. The zero-order valence-corrected chi connectivity index (χ0v) is 16.8. The van der Waals surface area contributed by atoms with Crippen molar-refractivity contribution in [1.82, 2.24) is 10.2 Å². The summed E-state index contributed by atoms with van der Waals surface area (Å²) in [6.45, 7) is 3.91. The van der Waals surface area contributed by atoms with Crippen molar-refractivity contribution in [2.45, 2.75) is 39.2 Å². The number of anilines is 1. The number of aryl methyl sites for hydroxylation is 1. The average Bonchev–Trinajstić information content (AvgIpc) is 2.73. The van der Waals surface area contributed by atoms with Gasteiger partial charge in [0.2, 0.25) is 5.91 Å². The number of nitrogens with one attached hydrogen (secondary N) is 2. The smallest absolute Gasteiger partial charge is 0.321 e. The summed E-state index contributed by atoms with van der Waals surface area (Å²) >= 11 is 0. The lowest BCUT2D eigenvalue weighted by Gasteiger charge is -2.32. The molecule has 154 valence electrons. The minimum absolute atomic E-state index is 0.0402. The summed E-state index contributed by atoms with van der Waals surface area (Å²) in [6.07, 6.45) is 3.17. The summed E-state index contributed by atoms with van der Waals surface area (Å²) in [5.41, 5.74) is 2.87. The van der Waals surface area contributed by atoms with Crippen LogP contribution in [-0.2, 0) is 11.3 Å². The first-order valence-corrected chi connectivity index (χ1v) is 10.1. The zero-order valence-electron chi connectivity index (χ0n) is 16.8. The van der Waals surface area contributed by atoms with Crippen LogP contribution in [0.5, 0.6) is 0 Å². The second kappa shape index (κ2) is 10.0. The van der Waals surface area contributed by atoms with Crippen LogP contribution in [0.3, 0.4) is 0 Å². The molecule has 0 aromatic heterocycles. The van der Waals surface area contributed by atoms with E-state index in [9.17, 15) is 14.0 Å². The van der Waals surface area contributed by atoms with Gasteiger partial charge in [0.1, 0.15) is 5.82 Å². The Kier molecular flexibility index (Phi) is 7.22. The molecule has 1 aliphatic rings. The van der Waals surface area contributed by atoms with E-state index in [4.69, 9.17) is 0 Å². The Morgan fingerprint density at radius 3 is 2.55 bits per heavy atom. The standard InChI is InChI=1S/C23H28FN3O2/c1-17-4-6-18(7-5-17)15-25-22(28)13-8-19-3-2-14-27(16-19)23(29)26-21-11-9-20(24)10-12-21/h4-7,9-12,19H,2-3,8,13-16H2,1H3,(H,25,28)(H,26,29)/t19-/m1/s1. The van der Waals surface area contributed by atoms with Gasteiger partial charge in [0.15, 0.2) is 0 Å². The number of hydrogen-bond acceptors (Lipinski definition) is 2. The van der Waals surface area contributed by atoms with Crippen molar-refractivity contribution in [1.29, 1.82) is 0 Å². The molecule has 2 aromatic carbocycles. The first kappa shape index (κ1) is 20.8. The molecule has 29 heavy (non-hydrogen) atoms. The average molecular weight is 397 g/mol. The quantitative estimate of drug-likeness (QED) is 0.755. The van der Waals surface area contributed by atoms with Crippen molar-refractivity contribution in [3.63, 3.8) is 0 Å². The lowest BCUT2D eigenvalue weighted by atomic mass is 9.93. The molecule has 1 aliphatic heterocycles. The van der Waals surface area contributed by atoms with E-state index in [1.54, 1.807) is 17.0 Å². The number of urea groups is 1. The van der Waals surface area contributed by atoms with E-state index < -0.39 is 0 Å². The van der Waals surface area contributed by atoms with Crippen LogP contribution in [0.1, 0.15) is 36.8 Å². The van der Waals surface area contributed by atoms with Crippen LogP contribution in [0.25, 0.3) is 0 Å². The SMILES string of the molecule is Cc1ccc(CNC(=O)CC[C@H]2CCCN(C(=O)Nc3ccc(F)cc3)C2)cc1. The summed E-state index contributed by atoms with van der Waals surface area (Å²) in [5, 5.41) is 5.77. The van der Waals surface area contributed by atoms with E-state index in [0.717, 1.165) is 24.8 Å². The maximum absolute atomic E-state index is 13.0. The molecule has 0 unspecified atom stereocenters. The van der Waals surface area contributed by atoms with Gasteiger partial charge in [0.25, 0.3) is 0 Å². The number of nitrogens with zero attached hydrogens (tertiary/aromatic N) is 1. The Morgan fingerprint density at radius 1 is 1.10 bits per heavy atom. The van der Waals surface area contributed by atoms with Gasteiger partial charge >= 0.3 is 6.03 Å². The number of piperidine rings is 1. The third kappa shape index (κ3) is 6.59. The number of likely N-dealkylation sites (tertiary alicyclic amines) is 1. The van der Waals surface area contributed by atoms with Crippen molar-refractivity contribution >= 4 is 17.6 Å². The second-order valence-electron chi connectivity index (χ2n) is 7.69. The van der Waals surface area contributed by atoms with Gasteiger partial charge in [-0.2, -0.15) is 0 Å². The van der Waals surface area contributed by atoms with Crippen molar-refractivity contribution < 1.29 is 14.0 Å². The molecule has 0 aliphatic carbocycles. The minimum atomic E-state index is -0.332. The van der Waals surface area contributed by atoms with Crippen LogP contribution in [0, 0.1) is 18.7 Å². The molecule has 0 saturated carbocycles. The van der Waals surface area contributed by atoms with Crippen molar-refractivity contribution in [2.24, 2.45) is 5.92 Å². The number of carbonyl (C=O) groups is 2. The Hall–Kier alpha value is -2.89. The molecule has 6 heteroatoms. The minimum Gasteiger partial charge on any atom is -0.352 e. The van der Waals surface area contributed by atoms with E-state index >= 15 is 0 Å². The Labute approximate surface area is 171 Å². The highest BCUT2D eigenvalue weighted by Gasteiger charge is 2.24. The molecule has 1 heterocycles. The number of hydrogen-bond donors (Lipinski definition) is 2. The topological polar surface area (TPSA) is 61.4 Å². The van der Waals surface area contributed by atoms with Crippen molar-refractivity contribution in [2.75, 3.05) is 18.4 Å². The first-order valence-electron chi connectivity index (χ1n) is 10.1. The van der Waals surface area contributed by atoms with Gasteiger partial charge in [0.05, 0.1) is 0 Å². The summed E-state index contributed by atoms with van der Waals surface area (Å²) in [4.78, 5) is 26.4. The van der Waals surface area contributed by atoms with Gasteiger partial charge in [-0.3, -0.25) is 4.79 Å². The molecule has 2 aromatic rings. The van der Waals surface area contributed by atoms with Crippen LogP contribution in [0.15, 0.2) is 48.5 Å². The molecule has 5 nitrogen and oxygen atoms in total. The van der Waals surface area contributed by atoms with E-state index in [-0.39, 0.29) is 17.8 Å². The molecule has 3 rings (SSSR count). The molecular weight excluding hydrogens is 369 g/mol. The fraction of sp³-hybridized carbons (Fsp3) is 0.391. The Morgan fingerprint density at radius 2 is 1.83 bits per heavy atom. The zero-order chi connectivity index (χ0) is 20.6. The maximum Gasteiger partial charge on any atom is 0.321 e. The molecule has 1 saturated heterocycles. The molecule has 0 radical (unpaired) electrons. The Bertz CT molecular complexity index is 821. The third-order valence-corrected chi connectivity index (χ3v) is 5.29. The molecule has 0 bridgehead atoms. The number of benzene rings is 2. The van der Waals surface area contributed by atoms with Gasteiger partial charge in [-0.1, -0.05) is 29.8 Å². The van der Waals surface area contributed by atoms with Crippen LogP contribution >= 0.6 is 0 Å². The fourth-order valence-corrected chi connectivity index (χ4v) is 3.55. The van der Waals surface area contributed by atoms with Gasteiger partial charge in [0, 0.05) is 31.7 Å². The largest absolute Gasteiger partial charge is 0.352 e. The van der Waals surface area contributed by atoms with Gasteiger partial charge in [-0.25, -0.2) is 9.18 Å². The Balaban J connectivity index is 1.40. The summed E-state index contributed by atoms with van der Waals surface area (Å²) in [5.74, 6) is 0.0213. The number of halogens is 1. The maximum atomic E-state index is 13.0. The first-order chi connectivity index (χ1) is 14.0. The van der Waals surface area contributed by atoms with Crippen molar-refractivity contribution in [3.05, 3.63) is 65.5 Å². The predicted molar refractivity (Wildman–Crippen MR) is 112 cm³/mol. The highest BCUT2D eigenvalue weighted by atomic mass is 19.1. The van der Waals surface area contributed by atoms with Crippen molar-refractivity contribution in [3.8, 4) is 0 Å². The summed E-state index contributed by atoms with van der Waals surface area (Å²) in [7, 11) is 0. The normalized spacial score (nSPS) is 16.3. The van der Waals surface area contributed by atoms with Crippen LogP contribution in [0.2, 0.25) is 0 Å². The monoisotopic (exact) mass is 397 g/mol. The lowest BCUT2D eigenvalue weighted by molar-refractivity contribution is -0.121. The molecule has 1 atom stereocenters. The summed E-state index contributed by atoms with van der Waals surface area (Å²) < 4.78 is 13.0. The van der Waals surface area contributed by atoms with Crippen LogP contribution in [-0.4, -0.2) is 29.9 Å². The van der Waals surface area contributed by atoms with E-state index in [1.807, 2.05) is 31.2 Å². The van der Waals surface area contributed by atoms with E-state index in [1.165, 1.54) is 17.7 Å². The third-order valence-electron chi connectivity index (χ3n) is 5.29. The second-order valence-corrected chi connectivity index (χ2v) is 7.69. The van der Waals surface area contributed by atoms with E-state index in [0.29, 0.717) is 37.7 Å².